The van der Waals surface area contributed by atoms with E-state index in [4.69, 9.17) is 16.6 Å². The first-order chi connectivity index (χ1) is 15.1. The van der Waals surface area contributed by atoms with Crippen LogP contribution in [0.15, 0.2) is 30.3 Å². The highest BCUT2D eigenvalue weighted by molar-refractivity contribution is 5.92. The summed E-state index contributed by atoms with van der Waals surface area (Å²) in [5.74, 6) is -3.31. The highest BCUT2D eigenvalue weighted by Gasteiger charge is 2.27. The van der Waals surface area contributed by atoms with E-state index in [0.29, 0.717) is 32.2 Å². The van der Waals surface area contributed by atoms with Crippen LogP contribution >= 0.6 is 0 Å². The molecule has 1 rings (SSSR count). The maximum absolute atomic E-state index is 12.6. The van der Waals surface area contributed by atoms with Crippen LogP contribution in [0.2, 0.25) is 0 Å². The number of aliphatic carboxylic acids is 1. The van der Waals surface area contributed by atoms with E-state index in [2.05, 4.69) is 16.0 Å². The van der Waals surface area contributed by atoms with Crippen LogP contribution in [0.4, 0.5) is 0 Å². The van der Waals surface area contributed by atoms with Gasteiger partial charge < -0.3 is 37.6 Å². The number of carbonyl (C=O) groups excluding carboxylic acids is 3. The highest BCUT2D eigenvalue weighted by atomic mass is 16.4. The Hall–Kier alpha value is -3.02. The minimum Gasteiger partial charge on any atom is -0.480 e. The molecule has 0 bridgehead atoms. The molecular weight excluding hydrogens is 418 g/mol. The number of nitrogens with one attached hydrogen (secondary N) is 3. The number of rotatable bonds is 14. The van der Waals surface area contributed by atoms with Crippen molar-refractivity contribution in [2.45, 2.75) is 56.8 Å². The normalized spacial score (nSPS) is 14.5. The lowest BCUT2D eigenvalue weighted by atomic mass is 10.0. The van der Waals surface area contributed by atoms with Gasteiger partial charge >= 0.3 is 5.97 Å². The molecule has 0 aliphatic carbocycles. The van der Waals surface area contributed by atoms with Gasteiger partial charge in [0.2, 0.25) is 17.7 Å². The number of aliphatic hydroxyl groups excluding tert-OH is 1. The van der Waals surface area contributed by atoms with E-state index in [-0.39, 0.29) is 0 Å². The SMILES string of the molecule is CC(O)C(NC(=O)CNC(=O)C(CCCCN)NC(=O)C(N)Cc1ccccc1)C(=O)O. The quantitative estimate of drug-likeness (QED) is 0.161. The van der Waals surface area contributed by atoms with Crippen molar-refractivity contribution in [2.75, 3.05) is 13.1 Å². The average molecular weight is 452 g/mol. The first-order valence-electron chi connectivity index (χ1n) is 10.4. The zero-order valence-electron chi connectivity index (χ0n) is 18.1. The van der Waals surface area contributed by atoms with Crippen molar-refractivity contribution in [2.24, 2.45) is 11.5 Å². The number of hydrogen-bond acceptors (Lipinski definition) is 7. The molecule has 178 valence electrons. The first-order valence-corrected chi connectivity index (χ1v) is 10.4. The Morgan fingerprint density at radius 3 is 2.25 bits per heavy atom. The molecule has 0 saturated heterocycles. The summed E-state index contributed by atoms with van der Waals surface area (Å²) in [4.78, 5) is 48.1. The molecular formula is C21H33N5O6. The molecule has 11 heteroatoms. The van der Waals surface area contributed by atoms with Gasteiger partial charge in [0.05, 0.1) is 18.7 Å². The largest absolute Gasteiger partial charge is 0.480 e. The Bertz CT molecular complexity index is 758. The Labute approximate surface area is 186 Å². The number of nitrogens with two attached hydrogens (primary N) is 2. The standard InChI is InChI=1S/C21H33N5O6/c1-13(27)18(21(31)32)26-17(28)12-24-20(30)16(9-5-6-10-22)25-19(29)15(23)11-14-7-3-2-4-8-14/h2-4,7-8,13,15-16,18,27H,5-6,9-12,22-23H2,1H3,(H,24,30)(H,25,29)(H,26,28)(H,31,32). The van der Waals surface area contributed by atoms with Crippen molar-refractivity contribution in [3.05, 3.63) is 35.9 Å². The molecule has 0 aromatic heterocycles. The van der Waals surface area contributed by atoms with Crippen LogP contribution in [0, 0.1) is 0 Å². The van der Waals surface area contributed by atoms with Gasteiger partial charge in [-0.1, -0.05) is 30.3 Å². The molecule has 4 unspecified atom stereocenters. The van der Waals surface area contributed by atoms with Crippen LogP contribution in [0.5, 0.6) is 0 Å². The van der Waals surface area contributed by atoms with Crippen molar-refractivity contribution in [3.8, 4) is 0 Å². The first kappa shape index (κ1) is 27.0. The van der Waals surface area contributed by atoms with Crippen molar-refractivity contribution in [3.63, 3.8) is 0 Å². The average Bonchev–Trinajstić information content (AvgIpc) is 2.75. The molecule has 0 radical (unpaired) electrons. The summed E-state index contributed by atoms with van der Waals surface area (Å²) < 4.78 is 0. The van der Waals surface area contributed by atoms with E-state index >= 15 is 0 Å². The molecule has 3 amide bonds. The van der Waals surface area contributed by atoms with Gasteiger partial charge in [0.25, 0.3) is 0 Å². The third kappa shape index (κ3) is 9.86. The molecule has 0 heterocycles. The predicted octanol–water partition coefficient (Wildman–Crippen LogP) is -1.76. The molecule has 1 aromatic carbocycles. The Kier molecular flexibility index (Phi) is 11.9. The Morgan fingerprint density at radius 1 is 1.03 bits per heavy atom. The van der Waals surface area contributed by atoms with Gasteiger partial charge in [-0.25, -0.2) is 4.79 Å². The summed E-state index contributed by atoms with van der Waals surface area (Å²) in [5.41, 5.74) is 12.3. The molecule has 0 aliphatic rings. The molecule has 0 spiro atoms. The zero-order valence-corrected chi connectivity index (χ0v) is 18.1. The fraction of sp³-hybridized carbons (Fsp3) is 0.524. The molecule has 32 heavy (non-hydrogen) atoms. The van der Waals surface area contributed by atoms with Gasteiger partial charge in [-0.15, -0.1) is 0 Å². The summed E-state index contributed by atoms with van der Waals surface area (Å²) in [7, 11) is 0. The van der Waals surface area contributed by atoms with Crippen molar-refractivity contribution >= 4 is 23.7 Å². The smallest absolute Gasteiger partial charge is 0.328 e. The minimum absolute atomic E-state index is 0.292. The maximum Gasteiger partial charge on any atom is 0.328 e. The molecule has 1 aromatic rings. The van der Waals surface area contributed by atoms with Crippen LogP contribution in [0.25, 0.3) is 0 Å². The lowest BCUT2D eigenvalue weighted by molar-refractivity contribution is -0.144. The van der Waals surface area contributed by atoms with Gasteiger partial charge in [-0.2, -0.15) is 0 Å². The van der Waals surface area contributed by atoms with E-state index < -0.39 is 54.5 Å². The topological polar surface area (TPSA) is 197 Å². The molecule has 0 fully saturated rings. The lowest BCUT2D eigenvalue weighted by Gasteiger charge is -2.21. The Morgan fingerprint density at radius 2 is 1.69 bits per heavy atom. The summed E-state index contributed by atoms with van der Waals surface area (Å²) in [6, 6.07) is 5.90. The fourth-order valence-corrected chi connectivity index (χ4v) is 2.90. The monoisotopic (exact) mass is 451 g/mol. The van der Waals surface area contributed by atoms with E-state index in [9.17, 15) is 24.3 Å². The minimum atomic E-state index is -1.50. The summed E-state index contributed by atoms with van der Waals surface area (Å²) in [5, 5.41) is 25.5. The predicted molar refractivity (Wildman–Crippen MR) is 117 cm³/mol. The highest BCUT2D eigenvalue weighted by Crippen LogP contribution is 2.05. The fourth-order valence-electron chi connectivity index (χ4n) is 2.90. The van der Waals surface area contributed by atoms with Crippen LogP contribution in [-0.2, 0) is 25.6 Å². The summed E-state index contributed by atoms with van der Waals surface area (Å²) >= 11 is 0. The van der Waals surface area contributed by atoms with Gasteiger partial charge in [-0.3, -0.25) is 14.4 Å². The van der Waals surface area contributed by atoms with Crippen molar-refractivity contribution in [1.82, 2.24) is 16.0 Å². The number of amides is 3. The second-order valence-corrected chi connectivity index (χ2v) is 7.48. The number of carbonyl (C=O) groups is 4. The zero-order chi connectivity index (χ0) is 24.1. The Balaban J connectivity index is 2.67. The maximum atomic E-state index is 12.6. The van der Waals surface area contributed by atoms with Crippen LogP contribution < -0.4 is 27.4 Å². The van der Waals surface area contributed by atoms with Gasteiger partial charge in [-0.05, 0) is 44.7 Å². The lowest BCUT2D eigenvalue weighted by Crippen LogP contribution is -2.54. The number of aliphatic hydroxyl groups is 1. The van der Waals surface area contributed by atoms with Crippen LogP contribution in [0.1, 0.15) is 31.7 Å². The summed E-state index contributed by atoms with van der Waals surface area (Å²) in [6.07, 6.45) is 0.479. The molecule has 4 atom stereocenters. The number of hydrogen-bond donors (Lipinski definition) is 7. The van der Waals surface area contributed by atoms with Crippen LogP contribution in [0.3, 0.4) is 0 Å². The second-order valence-electron chi connectivity index (χ2n) is 7.48. The summed E-state index contributed by atoms with van der Waals surface area (Å²) in [6.45, 7) is 1.13. The number of benzene rings is 1. The number of carboxylic acid groups (broad SMARTS) is 1. The third-order valence-corrected chi connectivity index (χ3v) is 4.70. The second kappa shape index (κ2) is 14.1. The van der Waals surface area contributed by atoms with Crippen LogP contribution in [-0.4, -0.2) is 71.2 Å². The van der Waals surface area contributed by atoms with Gasteiger partial charge in [0.1, 0.15) is 6.04 Å². The molecule has 11 nitrogen and oxygen atoms in total. The van der Waals surface area contributed by atoms with Crippen molar-refractivity contribution < 1.29 is 29.4 Å². The van der Waals surface area contributed by atoms with Crippen molar-refractivity contribution in [1.29, 1.82) is 0 Å². The van der Waals surface area contributed by atoms with E-state index in [0.717, 1.165) is 5.56 Å². The van der Waals surface area contributed by atoms with Gasteiger partial charge in [0, 0.05) is 0 Å². The third-order valence-electron chi connectivity index (χ3n) is 4.70. The molecule has 9 N–H and O–H groups in total. The van der Waals surface area contributed by atoms with E-state index in [1.807, 2.05) is 30.3 Å². The number of unbranched alkanes of at least 4 members (excludes halogenated alkanes) is 1. The van der Waals surface area contributed by atoms with E-state index in [1.54, 1.807) is 0 Å². The van der Waals surface area contributed by atoms with Gasteiger partial charge in [0.15, 0.2) is 6.04 Å². The molecule has 0 saturated carbocycles. The van der Waals surface area contributed by atoms with E-state index in [1.165, 1.54) is 6.92 Å². The number of carboxylic acids is 1. The molecule has 0 aliphatic heterocycles.